The molecule has 1 fully saturated rings. The van der Waals surface area contributed by atoms with Crippen molar-refractivity contribution in [1.29, 1.82) is 0 Å². The predicted octanol–water partition coefficient (Wildman–Crippen LogP) is 3.60. The molecule has 150 valence electrons. The number of nitrogens with one attached hydrogen (secondary N) is 1. The van der Waals surface area contributed by atoms with Gasteiger partial charge in [-0.2, -0.15) is 0 Å². The fourth-order valence-electron chi connectivity index (χ4n) is 3.67. The van der Waals surface area contributed by atoms with Gasteiger partial charge in [0.05, 0.1) is 0 Å². The first kappa shape index (κ1) is 22.1. The Balaban J connectivity index is 0.00000261. The zero-order valence-electron chi connectivity index (χ0n) is 16.0. The lowest BCUT2D eigenvalue weighted by Crippen LogP contribution is -2.43. The smallest absolute Gasteiger partial charge is 0.193 e. The number of hydrogen-bond donors (Lipinski definition) is 1. The monoisotopic (exact) mass is 490 g/mol. The average Bonchev–Trinajstić information content (AvgIpc) is 3.29. The van der Waals surface area contributed by atoms with Gasteiger partial charge < -0.3 is 10.2 Å². The maximum atomic E-state index is 14.0. The normalized spacial score (nSPS) is 21.4. The van der Waals surface area contributed by atoms with Gasteiger partial charge in [0.15, 0.2) is 5.96 Å². The number of guanidine groups is 1. The molecule has 7 heteroatoms. The third-order valence-electron chi connectivity index (χ3n) is 5.17. The highest BCUT2D eigenvalue weighted by Crippen LogP contribution is 2.21. The van der Waals surface area contributed by atoms with E-state index in [9.17, 15) is 8.78 Å². The van der Waals surface area contributed by atoms with E-state index in [1.54, 1.807) is 0 Å². The molecule has 2 unspecified atom stereocenters. The topological polar surface area (TPSA) is 30.9 Å². The number of halogens is 3. The van der Waals surface area contributed by atoms with E-state index < -0.39 is 11.6 Å². The molecular formula is C20H29F2IN4. The number of nitrogens with zero attached hydrogens (tertiary/aromatic N) is 3. The van der Waals surface area contributed by atoms with Gasteiger partial charge in [-0.1, -0.05) is 25.1 Å². The van der Waals surface area contributed by atoms with E-state index in [1.807, 2.05) is 6.92 Å². The summed E-state index contributed by atoms with van der Waals surface area (Å²) in [7, 11) is 0. The minimum Gasteiger partial charge on any atom is -0.357 e. The van der Waals surface area contributed by atoms with Gasteiger partial charge in [-0.25, -0.2) is 8.78 Å². The summed E-state index contributed by atoms with van der Waals surface area (Å²) in [6.45, 7) is 9.25. The molecule has 1 saturated heterocycles. The van der Waals surface area contributed by atoms with Crippen LogP contribution in [0.15, 0.2) is 35.3 Å². The number of likely N-dealkylation sites (tertiary alicyclic amines) is 1. The van der Waals surface area contributed by atoms with Gasteiger partial charge >= 0.3 is 0 Å². The lowest BCUT2D eigenvalue weighted by atomic mass is 10.0. The summed E-state index contributed by atoms with van der Waals surface area (Å²) in [5.41, 5.74) is 0.508. The molecule has 0 spiro atoms. The van der Waals surface area contributed by atoms with Crippen LogP contribution in [0.25, 0.3) is 0 Å². The van der Waals surface area contributed by atoms with E-state index in [2.05, 4.69) is 34.2 Å². The molecule has 3 rings (SSSR count). The lowest BCUT2D eigenvalue weighted by molar-refractivity contribution is 0.259. The van der Waals surface area contributed by atoms with Crippen molar-refractivity contribution in [2.45, 2.75) is 32.2 Å². The molecule has 1 N–H and O–H groups in total. The molecule has 0 amide bonds. The fourth-order valence-corrected chi connectivity index (χ4v) is 3.67. The highest BCUT2D eigenvalue weighted by atomic mass is 127. The number of aliphatic imine (C=N–C) groups is 1. The van der Waals surface area contributed by atoms with Crippen molar-refractivity contribution in [3.8, 4) is 0 Å². The molecule has 2 aliphatic rings. The maximum absolute atomic E-state index is 14.0. The zero-order valence-corrected chi connectivity index (χ0v) is 18.3. The SMILES string of the molecule is CCNC(=NCC(C)c1ccc(F)cc1F)N1CCC(N2CC=CC2)C1.I. The Kier molecular flexibility index (Phi) is 8.47. The van der Waals surface area contributed by atoms with E-state index in [-0.39, 0.29) is 29.9 Å². The van der Waals surface area contributed by atoms with Crippen LogP contribution in [-0.4, -0.2) is 61.1 Å². The summed E-state index contributed by atoms with van der Waals surface area (Å²) in [6, 6.07) is 4.32. The van der Waals surface area contributed by atoms with Crippen molar-refractivity contribution in [3.63, 3.8) is 0 Å². The van der Waals surface area contributed by atoms with Crippen LogP contribution >= 0.6 is 24.0 Å². The van der Waals surface area contributed by atoms with Crippen LogP contribution in [0.4, 0.5) is 8.78 Å². The van der Waals surface area contributed by atoms with Crippen molar-refractivity contribution in [2.24, 2.45) is 4.99 Å². The zero-order chi connectivity index (χ0) is 18.5. The summed E-state index contributed by atoms with van der Waals surface area (Å²) in [4.78, 5) is 9.51. The third-order valence-corrected chi connectivity index (χ3v) is 5.17. The van der Waals surface area contributed by atoms with Crippen molar-refractivity contribution in [3.05, 3.63) is 47.5 Å². The Labute approximate surface area is 177 Å². The maximum Gasteiger partial charge on any atom is 0.193 e. The molecule has 2 heterocycles. The van der Waals surface area contributed by atoms with E-state index in [0.717, 1.165) is 51.2 Å². The van der Waals surface area contributed by atoms with Crippen LogP contribution in [0.1, 0.15) is 31.7 Å². The summed E-state index contributed by atoms with van der Waals surface area (Å²) in [5.74, 6) is -0.266. The molecule has 1 aromatic carbocycles. The predicted molar refractivity (Wildman–Crippen MR) is 117 cm³/mol. The first-order valence-electron chi connectivity index (χ1n) is 9.45. The van der Waals surface area contributed by atoms with Crippen molar-refractivity contribution in [1.82, 2.24) is 15.1 Å². The minimum absolute atomic E-state index is 0. The largest absolute Gasteiger partial charge is 0.357 e. The molecule has 0 saturated carbocycles. The van der Waals surface area contributed by atoms with E-state index in [1.165, 1.54) is 12.1 Å². The minimum atomic E-state index is -0.546. The molecule has 2 atom stereocenters. The van der Waals surface area contributed by atoms with Crippen LogP contribution in [0.3, 0.4) is 0 Å². The van der Waals surface area contributed by atoms with Gasteiger partial charge in [-0.05, 0) is 25.0 Å². The quantitative estimate of drug-likeness (QED) is 0.296. The number of hydrogen-bond acceptors (Lipinski definition) is 2. The van der Waals surface area contributed by atoms with E-state index >= 15 is 0 Å². The summed E-state index contributed by atoms with van der Waals surface area (Å²) < 4.78 is 27.1. The van der Waals surface area contributed by atoms with Crippen molar-refractivity contribution >= 4 is 29.9 Å². The second-order valence-corrected chi connectivity index (χ2v) is 7.08. The Morgan fingerprint density at radius 2 is 2.04 bits per heavy atom. The Morgan fingerprint density at radius 3 is 2.70 bits per heavy atom. The van der Waals surface area contributed by atoms with Gasteiger partial charge in [-0.15, -0.1) is 24.0 Å². The molecule has 0 bridgehead atoms. The Hall–Kier alpha value is -1.22. The molecule has 27 heavy (non-hydrogen) atoms. The first-order valence-corrected chi connectivity index (χ1v) is 9.45. The van der Waals surface area contributed by atoms with Crippen LogP contribution in [0.5, 0.6) is 0 Å². The third kappa shape index (κ3) is 5.63. The fraction of sp³-hybridized carbons (Fsp3) is 0.550. The molecule has 0 aliphatic carbocycles. The lowest BCUT2D eigenvalue weighted by Gasteiger charge is -2.25. The molecular weight excluding hydrogens is 461 g/mol. The van der Waals surface area contributed by atoms with E-state index in [0.29, 0.717) is 18.2 Å². The van der Waals surface area contributed by atoms with Crippen LogP contribution in [0, 0.1) is 11.6 Å². The number of rotatable bonds is 5. The molecule has 0 aromatic heterocycles. The second kappa shape index (κ2) is 10.4. The van der Waals surface area contributed by atoms with Crippen molar-refractivity contribution < 1.29 is 8.78 Å². The Morgan fingerprint density at radius 1 is 1.30 bits per heavy atom. The molecule has 2 aliphatic heterocycles. The second-order valence-electron chi connectivity index (χ2n) is 7.08. The average molecular weight is 490 g/mol. The highest BCUT2D eigenvalue weighted by molar-refractivity contribution is 14.0. The summed E-state index contributed by atoms with van der Waals surface area (Å²) in [6.07, 6.45) is 5.58. The van der Waals surface area contributed by atoms with Gasteiger partial charge in [0.25, 0.3) is 0 Å². The van der Waals surface area contributed by atoms with Gasteiger partial charge in [0.2, 0.25) is 0 Å². The molecule has 0 radical (unpaired) electrons. The Bertz CT molecular complexity index is 672. The summed E-state index contributed by atoms with van der Waals surface area (Å²) in [5, 5.41) is 3.35. The molecule has 4 nitrogen and oxygen atoms in total. The molecule has 1 aromatic rings. The van der Waals surface area contributed by atoms with Crippen molar-refractivity contribution in [2.75, 3.05) is 39.3 Å². The van der Waals surface area contributed by atoms with Crippen LogP contribution in [-0.2, 0) is 0 Å². The first-order chi connectivity index (χ1) is 12.6. The van der Waals surface area contributed by atoms with Gasteiger partial charge in [0, 0.05) is 57.3 Å². The standard InChI is InChI=1S/C20H28F2N4.HI/c1-3-23-20(26-11-8-17(14-26)25-9-4-5-10-25)24-13-15(2)18-7-6-16(21)12-19(18)22;/h4-7,12,15,17H,3,8-11,13-14H2,1-2H3,(H,23,24);1H. The van der Waals surface area contributed by atoms with Crippen LogP contribution < -0.4 is 5.32 Å². The van der Waals surface area contributed by atoms with E-state index in [4.69, 9.17) is 4.99 Å². The summed E-state index contributed by atoms with van der Waals surface area (Å²) >= 11 is 0. The van der Waals surface area contributed by atoms with Gasteiger partial charge in [0.1, 0.15) is 11.6 Å². The number of benzene rings is 1. The van der Waals surface area contributed by atoms with Crippen LogP contribution in [0.2, 0.25) is 0 Å². The van der Waals surface area contributed by atoms with Gasteiger partial charge in [-0.3, -0.25) is 9.89 Å². The highest BCUT2D eigenvalue weighted by Gasteiger charge is 2.29.